The summed E-state index contributed by atoms with van der Waals surface area (Å²) in [6, 6.07) is 1.51. The van der Waals surface area contributed by atoms with E-state index in [2.05, 4.69) is 14.9 Å². The molecule has 0 aliphatic heterocycles. The molecule has 0 saturated heterocycles. The summed E-state index contributed by atoms with van der Waals surface area (Å²) in [7, 11) is 1.31. The summed E-state index contributed by atoms with van der Waals surface area (Å²) in [6.45, 7) is 3.76. The third kappa shape index (κ3) is 2.47. The van der Waals surface area contributed by atoms with Crippen molar-refractivity contribution in [3.8, 4) is 5.88 Å². The maximum atomic E-state index is 11.0. The molecule has 0 aliphatic rings. The number of hydrogen-bond acceptors (Lipinski definition) is 4. The summed E-state index contributed by atoms with van der Waals surface area (Å²) in [4.78, 5) is 11.0. The number of aromatic amines is 1. The first kappa shape index (κ1) is 9.57. The number of nitrogens with one attached hydrogen (secondary N) is 1. The van der Waals surface area contributed by atoms with E-state index in [1.807, 2.05) is 13.8 Å². The molecule has 1 aromatic heterocycles. The predicted octanol–water partition coefficient (Wildman–Crippen LogP) is 0.983. The van der Waals surface area contributed by atoms with Gasteiger partial charge in [0.25, 0.3) is 0 Å². The Labute approximate surface area is 76.0 Å². The van der Waals surface area contributed by atoms with Gasteiger partial charge in [0.05, 0.1) is 13.2 Å². The Hall–Kier alpha value is -1.52. The first-order valence-corrected chi connectivity index (χ1v) is 3.94. The molecule has 1 rings (SSSR count). The monoisotopic (exact) mass is 184 g/mol. The minimum Gasteiger partial charge on any atom is -0.474 e. The molecular formula is C8H12N2O3. The second-order valence-corrected chi connectivity index (χ2v) is 2.78. The summed E-state index contributed by atoms with van der Waals surface area (Å²) < 4.78 is 9.73. The molecule has 13 heavy (non-hydrogen) atoms. The van der Waals surface area contributed by atoms with Gasteiger partial charge in [0, 0.05) is 6.07 Å². The Morgan fingerprint density at radius 1 is 1.62 bits per heavy atom. The number of esters is 1. The number of rotatable bonds is 3. The predicted molar refractivity (Wildman–Crippen MR) is 45.7 cm³/mol. The zero-order valence-corrected chi connectivity index (χ0v) is 7.83. The molecule has 0 bridgehead atoms. The van der Waals surface area contributed by atoms with E-state index in [1.165, 1.54) is 13.2 Å². The minimum atomic E-state index is -0.453. The van der Waals surface area contributed by atoms with E-state index in [0.717, 1.165) is 0 Å². The summed E-state index contributed by atoms with van der Waals surface area (Å²) >= 11 is 0. The molecule has 0 unspecified atom stereocenters. The van der Waals surface area contributed by atoms with Crippen molar-refractivity contribution in [2.75, 3.05) is 7.11 Å². The van der Waals surface area contributed by atoms with Crippen molar-refractivity contribution in [1.82, 2.24) is 10.2 Å². The fourth-order valence-electron chi connectivity index (χ4n) is 0.820. The van der Waals surface area contributed by atoms with Crippen molar-refractivity contribution >= 4 is 5.97 Å². The number of H-pyrrole nitrogens is 1. The van der Waals surface area contributed by atoms with Crippen molar-refractivity contribution in [2.24, 2.45) is 0 Å². The number of carbonyl (C=O) groups is 1. The van der Waals surface area contributed by atoms with Gasteiger partial charge in [-0.1, -0.05) is 0 Å². The van der Waals surface area contributed by atoms with Crippen LogP contribution in [0, 0.1) is 0 Å². The van der Waals surface area contributed by atoms with Gasteiger partial charge in [-0.15, -0.1) is 5.10 Å². The van der Waals surface area contributed by atoms with E-state index in [9.17, 15) is 4.79 Å². The molecule has 1 aromatic rings. The van der Waals surface area contributed by atoms with Crippen LogP contribution in [-0.4, -0.2) is 29.4 Å². The van der Waals surface area contributed by atoms with Gasteiger partial charge in [-0.05, 0) is 13.8 Å². The molecule has 1 heterocycles. The highest BCUT2D eigenvalue weighted by atomic mass is 16.5. The first-order chi connectivity index (χ1) is 6.13. The third-order valence-corrected chi connectivity index (χ3v) is 1.32. The maximum Gasteiger partial charge on any atom is 0.356 e. The van der Waals surface area contributed by atoms with Crippen molar-refractivity contribution in [3.05, 3.63) is 11.8 Å². The smallest absolute Gasteiger partial charge is 0.356 e. The molecule has 0 fully saturated rings. The number of nitrogens with zero attached hydrogens (tertiary/aromatic N) is 1. The normalized spacial score (nSPS) is 10.2. The number of carbonyl (C=O) groups excluding carboxylic acids is 1. The van der Waals surface area contributed by atoms with Crippen LogP contribution in [0.2, 0.25) is 0 Å². The van der Waals surface area contributed by atoms with E-state index in [0.29, 0.717) is 5.88 Å². The molecule has 0 amide bonds. The van der Waals surface area contributed by atoms with E-state index in [1.54, 1.807) is 0 Å². The van der Waals surface area contributed by atoms with Crippen molar-refractivity contribution in [1.29, 1.82) is 0 Å². The first-order valence-electron chi connectivity index (χ1n) is 3.94. The second kappa shape index (κ2) is 3.93. The van der Waals surface area contributed by atoms with E-state index >= 15 is 0 Å². The van der Waals surface area contributed by atoms with Crippen LogP contribution < -0.4 is 4.74 Å². The van der Waals surface area contributed by atoms with E-state index in [-0.39, 0.29) is 11.8 Å². The third-order valence-electron chi connectivity index (χ3n) is 1.32. The quantitative estimate of drug-likeness (QED) is 0.711. The lowest BCUT2D eigenvalue weighted by Crippen LogP contribution is -2.05. The molecular weight excluding hydrogens is 172 g/mol. The molecule has 0 atom stereocenters. The Kier molecular flexibility index (Phi) is 2.89. The van der Waals surface area contributed by atoms with Crippen LogP contribution in [0.1, 0.15) is 24.3 Å². The lowest BCUT2D eigenvalue weighted by atomic mass is 10.4. The Balaban J connectivity index is 2.69. The molecule has 5 nitrogen and oxygen atoms in total. The number of ether oxygens (including phenoxy) is 2. The highest BCUT2D eigenvalue weighted by Gasteiger charge is 2.10. The summed E-state index contributed by atoms with van der Waals surface area (Å²) in [5.41, 5.74) is 0.290. The second-order valence-electron chi connectivity index (χ2n) is 2.78. The fourth-order valence-corrected chi connectivity index (χ4v) is 0.820. The number of methoxy groups -OCH3 is 1. The van der Waals surface area contributed by atoms with Gasteiger partial charge in [0.15, 0.2) is 0 Å². The molecule has 0 spiro atoms. The molecule has 0 radical (unpaired) electrons. The summed E-state index contributed by atoms with van der Waals surface area (Å²) in [6.07, 6.45) is 0.0359. The van der Waals surface area contributed by atoms with Crippen LogP contribution in [0.3, 0.4) is 0 Å². The van der Waals surface area contributed by atoms with Crippen LogP contribution in [0.15, 0.2) is 6.07 Å². The van der Waals surface area contributed by atoms with Crippen LogP contribution >= 0.6 is 0 Å². The molecule has 0 aliphatic carbocycles. The number of hydrogen-bond donors (Lipinski definition) is 1. The minimum absolute atomic E-state index is 0.0359. The average Bonchev–Trinajstić information content (AvgIpc) is 2.50. The Morgan fingerprint density at radius 3 is 2.85 bits per heavy atom. The fraction of sp³-hybridized carbons (Fsp3) is 0.500. The van der Waals surface area contributed by atoms with Crippen molar-refractivity contribution < 1.29 is 14.3 Å². The summed E-state index contributed by atoms with van der Waals surface area (Å²) in [5.74, 6) is -0.0542. The van der Waals surface area contributed by atoms with Gasteiger partial charge in [-0.25, -0.2) is 4.79 Å². The van der Waals surface area contributed by atoms with E-state index in [4.69, 9.17) is 4.74 Å². The van der Waals surface area contributed by atoms with Gasteiger partial charge in [-0.3, -0.25) is 5.10 Å². The Bertz CT molecular complexity index is 293. The number of aromatic nitrogens is 2. The van der Waals surface area contributed by atoms with Crippen LogP contribution in [0.25, 0.3) is 0 Å². The zero-order valence-electron chi connectivity index (χ0n) is 7.83. The topological polar surface area (TPSA) is 64.2 Å². The molecule has 1 N–H and O–H groups in total. The van der Waals surface area contributed by atoms with Crippen LogP contribution in [0.5, 0.6) is 5.88 Å². The standard InChI is InChI=1S/C8H12N2O3/c1-5(2)13-7-4-6(9-10-7)8(11)12-3/h4-5H,1-3H3,(H,9,10). The largest absolute Gasteiger partial charge is 0.474 e. The lowest BCUT2D eigenvalue weighted by Gasteiger charge is -2.03. The van der Waals surface area contributed by atoms with Crippen LogP contribution in [0.4, 0.5) is 0 Å². The molecule has 5 heteroatoms. The average molecular weight is 184 g/mol. The van der Waals surface area contributed by atoms with Crippen molar-refractivity contribution in [2.45, 2.75) is 20.0 Å². The van der Waals surface area contributed by atoms with Gasteiger partial charge in [-0.2, -0.15) is 0 Å². The Morgan fingerprint density at radius 2 is 2.31 bits per heavy atom. The summed E-state index contributed by atoms with van der Waals surface area (Å²) in [5, 5.41) is 6.29. The molecule has 0 saturated carbocycles. The molecule has 0 aromatic carbocycles. The van der Waals surface area contributed by atoms with Gasteiger partial charge in [0.1, 0.15) is 5.69 Å². The van der Waals surface area contributed by atoms with Gasteiger partial charge in [0.2, 0.25) is 5.88 Å². The molecule has 72 valence electrons. The lowest BCUT2D eigenvalue weighted by molar-refractivity contribution is 0.0594. The van der Waals surface area contributed by atoms with Gasteiger partial charge >= 0.3 is 5.97 Å². The van der Waals surface area contributed by atoms with Crippen LogP contribution in [-0.2, 0) is 4.74 Å². The SMILES string of the molecule is COC(=O)c1cc(OC(C)C)n[nH]1. The highest BCUT2D eigenvalue weighted by molar-refractivity contribution is 5.87. The highest BCUT2D eigenvalue weighted by Crippen LogP contribution is 2.10. The maximum absolute atomic E-state index is 11.0. The van der Waals surface area contributed by atoms with E-state index < -0.39 is 5.97 Å². The van der Waals surface area contributed by atoms with Crippen molar-refractivity contribution in [3.63, 3.8) is 0 Å². The zero-order chi connectivity index (χ0) is 9.84. The van der Waals surface area contributed by atoms with Gasteiger partial charge < -0.3 is 9.47 Å².